The number of hydrogen-bond acceptors (Lipinski definition) is 6. The van der Waals surface area contributed by atoms with Crippen molar-refractivity contribution in [3.05, 3.63) is 0 Å². The van der Waals surface area contributed by atoms with Crippen LogP contribution in [0.2, 0.25) is 0 Å². The molecule has 8 nitrogen and oxygen atoms in total. The molecule has 2 unspecified atom stereocenters. The number of rotatable bonds is 5. The van der Waals surface area contributed by atoms with Gasteiger partial charge in [0.15, 0.2) is 15.4 Å². The summed E-state index contributed by atoms with van der Waals surface area (Å²) in [5.74, 6) is -0.638. The quantitative estimate of drug-likeness (QED) is 0.607. The summed E-state index contributed by atoms with van der Waals surface area (Å²) in [6.45, 7) is 2.33. The van der Waals surface area contributed by atoms with Crippen LogP contribution in [-0.2, 0) is 14.6 Å². The van der Waals surface area contributed by atoms with Gasteiger partial charge >= 0.3 is 12.0 Å². The molecule has 1 aliphatic rings. The molecule has 3 N–H and O–H groups in total. The van der Waals surface area contributed by atoms with Gasteiger partial charge < -0.3 is 20.4 Å². The Hall–Kier alpha value is -1.00. The maximum atomic E-state index is 12.1. The number of nitrogens with zero attached hydrogens (tertiary/aromatic N) is 1. The number of thioether (sulfide) groups is 1. The Kier molecular flexibility index (Phi) is 5.88. The van der Waals surface area contributed by atoms with E-state index in [1.165, 1.54) is 23.6 Å². The van der Waals surface area contributed by atoms with E-state index < -0.39 is 39.4 Å². The average molecular weight is 340 g/mol. The summed E-state index contributed by atoms with van der Waals surface area (Å²) in [5.41, 5.74) is -2.10. The molecular weight excluding hydrogens is 320 g/mol. The zero-order chi connectivity index (χ0) is 16.3. The molecule has 0 radical (unpaired) electrons. The van der Waals surface area contributed by atoms with Gasteiger partial charge in [0.1, 0.15) is 5.37 Å². The van der Waals surface area contributed by atoms with Gasteiger partial charge in [-0.2, -0.15) is 11.8 Å². The number of carboxylic acids is 1. The highest BCUT2D eigenvalue weighted by Gasteiger charge is 2.37. The molecule has 0 bridgehead atoms. The standard InChI is InChI=1S/C11H20N2O6S2/c1-3-21(18,19)8-6-20-5-4-13(8)10(16)12-7-11(2,17)9(14)15/h8,17H,3-7H2,1-2H3,(H,12,16)(H,14,15). The van der Waals surface area contributed by atoms with Gasteiger partial charge in [-0.3, -0.25) is 0 Å². The van der Waals surface area contributed by atoms with Crippen molar-refractivity contribution in [3.63, 3.8) is 0 Å². The predicted octanol–water partition coefficient (Wildman–Crippen LogP) is -0.659. The number of hydrogen-bond donors (Lipinski definition) is 3. The molecule has 0 aliphatic carbocycles. The molecule has 10 heteroatoms. The van der Waals surface area contributed by atoms with Crippen LogP contribution in [0.15, 0.2) is 0 Å². The number of carbonyl (C=O) groups is 2. The van der Waals surface area contributed by atoms with Crippen LogP contribution in [0.3, 0.4) is 0 Å². The minimum absolute atomic E-state index is 0.0746. The van der Waals surface area contributed by atoms with Gasteiger partial charge in [-0.1, -0.05) is 6.92 Å². The van der Waals surface area contributed by atoms with Gasteiger partial charge in [-0.25, -0.2) is 18.0 Å². The van der Waals surface area contributed by atoms with Crippen molar-refractivity contribution in [1.29, 1.82) is 0 Å². The molecule has 1 aliphatic heterocycles. The highest BCUT2D eigenvalue weighted by Crippen LogP contribution is 2.21. The molecule has 1 rings (SSSR count). The lowest BCUT2D eigenvalue weighted by Gasteiger charge is -2.35. The van der Waals surface area contributed by atoms with E-state index in [2.05, 4.69) is 5.32 Å². The minimum Gasteiger partial charge on any atom is -0.479 e. The lowest BCUT2D eigenvalue weighted by molar-refractivity contribution is -0.155. The fourth-order valence-electron chi connectivity index (χ4n) is 1.73. The first-order chi connectivity index (χ1) is 9.62. The van der Waals surface area contributed by atoms with E-state index in [1.54, 1.807) is 0 Å². The van der Waals surface area contributed by atoms with E-state index in [0.29, 0.717) is 11.5 Å². The molecule has 2 amide bonds. The van der Waals surface area contributed by atoms with E-state index in [0.717, 1.165) is 6.92 Å². The summed E-state index contributed by atoms with van der Waals surface area (Å²) in [6.07, 6.45) is 0. The highest BCUT2D eigenvalue weighted by atomic mass is 32.2. The molecule has 1 saturated heterocycles. The van der Waals surface area contributed by atoms with Crippen LogP contribution < -0.4 is 5.32 Å². The Morgan fingerprint density at radius 3 is 2.62 bits per heavy atom. The zero-order valence-corrected chi connectivity index (χ0v) is 13.5. The van der Waals surface area contributed by atoms with E-state index in [-0.39, 0.29) is 12.3 Å². The SMILES string of the molecule is CCS(=O)(=O)C1CSCCN1C(=O)NCC(C)(O)C(=O)O. The summed E-state index contributed by atoms with van der Waals surface area (Å²) in [7, 11) is -3.42. The van der Waals surface area contributed by atoms with Crippen LogP contribution in [0, 0.1) is 0 Å². The molecular formula is C11H20N2O6S2. The number of aliphatic carboxylic acids is 1. The summed E-state index contributed by atoms with van der Waals surface area (Å²) < 4.78 is 24.0. The normalized spacial score (nSPS) is 22.4. The Morgan fingerprint density at radius 1 is 1.48 bits per heavy atom. The summed E-state index contributed by atoms with van der Waals surface area (Å²) in [6, 6.07) is -0.682. The van der Waals surface area contributed by atoms with Crippen LogP contribution >= 0.6 is 11.8 Å². The van der Waals surface area contributed by atoms with Gasteiger partial charge in [-0.15, -0.1) is 0 Å². The number of amides is 2. The van der Waals surface area contributed by atoms with Gasteiger partial charge in [0, 0.05) is 23.8 Å². The first-order valence-electron chi connectivity index (χ1n) is 6.41. The van der Waals surface area contributed by atoms with Crippen LogP contribution in [0.1, 0.15) is 13.8 Å². The second-order valence-electron chi connectivity index (χ2n) is 4.91. The second-order valence-corrected chi connectivity index (χ2v) is 8.51. The third-order valence-electron chi connectivity index (χ3n) is 3.21. The smallest absolute Gasteiger partial charge is 0.337 e. The molecule has 0 aromatic carbocycles. The number of urea groups is 1. The third kappa shape index (κ3) is 4.48. The monoisotopic (exact) mass is 340 g/mol. The van der Waals surface area contributed by atoms with E-state index in [1.807, 2.05) is 0 Å². The lowest BCUT2D eigenvalue weighted by atomic mass is 10.1. The van der Waals surface area contributed by atoms with Gasteiger partial charge in [0.2, 0.25) is 0 Å². The van der Waals surface area contributed by atoms with Crippen LogP contribution in [0.25, 0.3) is 0 Å². The summed E-state index contributed by atoms with van der Waals surface area (Å²) >= 11 is 1.45. The topological polar surface area (TPSA) is 124 Å². The van der Waals surface area contributed by atoms with Gasteiger partial charge in [0.25, 0.3) is 0 Å². The largest absolute Gasteiger partial charge is 0.479 e. The average Bonchev–Trinajstić information content (AvgIpc) is 2.44. The number of sulfone groups is 1. The lowest BCUT2D eigenvalue weighted by Crippen LogP contribution is -2.56. The number of nitrogens with one attached hydrogen (secondary N) is 1. The van der Waals surface area contributed by atoms with E-state index >= 15 is 0 Å². The number of carboxylic acid groups (broad SMARTS) is 1. The van der Waals surface area contributed by atoms with Crippen molar-refractivity contribution in [1.82, 2.24) is 10.2 Å². The predicted molar refractivity (Wildman–Crippen MR) is 78.9 cm³/mol. The first-order valence-corrected chi connectivity index (χ1v) is 9.28. The summed E-state index contributed by atoms with van der Waals surface area (Å²) in [4.78, 5) is 24.0. The molecule has 2 atom stereocenters. The van der Waals surface area contributed by atoms with Crippen LogP contribution in [0.5, 0.6) is 0 Å². The molecule has 0 aromatic rings. The molecule has 0 aromatic heterocycles. The van der Waals surface area contributed by atoms with Crippen molar-refractivity contribution in [2.75, 3.05) is 30.3 Å². The Labute approximate surface area is 127 Å². The Bertz CT molecular complexity index is 505. The Balaban J connectivity index is 2.77. The third-order valence-corrected chi connectivity index (χ3v) is 6.50. The maximum absolute atomic E-state index is 12.1. The highest BCUT2D eigenvalue weighted by molar-refractivity contribution is 8.01. The van der Waals surface area contributed by atoms with Gasteiger partial charge in [0.05, 0.1) is 6.54 Å². The molecule has 1 fully saturated rings. The molecule has 0 spiro atoms. The minimum atomic E-state index is -3.42. The fraction of sp³-hybridized carbons (Fsp3) is 0.818. The van der Waals surface area contributed by atoms with Crippen LogP contribution in [0.4, 0.5) is 4.79 Å². The Morgan fingerprint density at radius 2 is 2.10 bits per heavy atom. The van der Waals surface area contributed by atoms with Crippen molar-refractivity contribution < 1.29 is 28.2 Å². The number of aliphatic hydroxyl groups is 1. The van der Waals surface area contributed by atoms with Crippen molar-refractivity contribution in [2.24, 2.45) is 0 Å². The maximum Gasteiger partial charge on any atom is 0.337 e. The fourth-order valence-corrected chi connectivity index (χ4v) is 4.69. The van der Waals surface area contributed by atoms with Crippen molar-refractivity contribution in [3.8, 4) is 0 Å². The van der Waals surface area contributed by atoms with E-state index in [4.69, 9.17) is 5.11 Å². The zero-order valence-electron chi connectivity index (χ0n) is 11.9. The van der Waals surface area contributed by atoms with Crippen LogP contribution in [-0.4, -0.2) is 76.9 Å². The molecule has 0 saturated carbocycles. The van der Waals surface area contributed by atoms with Crippen molar-refractivity contribution >= 4 is 33.6 Å². The van der Waals surface area contributed by atoms with E-state index in [9.17, 15) is 23.1 Å². The molecule has 122 valence electrons. The second kappa shape index (κ2) is 6.84. The first kappa shape index (κ1) is 18.1. The number of carbonyl (C=O) groups excluding carboxylic acids is 1. The van der Waals surface area contributed by atoms with Gasteiger partial charge in [-0.05, 0) is 6.92 Å². The van der Waals surface area contributed by atoms with Crippen molar-refractivity contribution in [2.45, 2.75) is 24.8 Å². The molecule has 21 heavy (non-hydrogen) atoms. The molecule has 1 heterocycles. The summed E-state index contributed by atoms with van der Waals surface area (Å²) in [5, 5.41) is 19.7.